The number of hydrogen-bond acceptors (Lipinski definition) is 4. The summed E-state index contributed by atoms with van der Waals surface area (Å²) in [5.41, 5.74) is 1.84. The van der Waals surface area contributed by atoms with Gasteiger partial charge in [0, 0.05) is 17.7 Å². The lowest BCUT2D eigenvalue weighted by Gasteiger charge is -2.27. The van der Waals surface area contributed by atoms with Crippen LogP contribution in [0.5, 0.6) is 0 Å². The van der Waals surface area contributed by atoms with Gasteiger partial charge in [-0.1, -0.05) is 42.5 Å². The molecule has 32 heavy (non-hydrogen) atoms. The number of nitrogens with zero attached hydrogens (tertiary/aromatic N) is 1. The van der Waals surface area contributed by atoms with E-state index in [0.29, 0.717) is 11.3 Å². The predicted molar refractivity (Wildman–Crippen MR) is 119 cm³/mol. The number of fused-ring (bicyclic) bond motifs is 5. The SMILES string of the molecule is CC(=O)c1cccc(NC(=O)C(Cc2ccccc2)N2C(=O)C3C4CCC(C4)C3C2=O)c1. The largest absolute Gasteiger partial charge is 0.324 e. The molecule has 0 radical (unpaired) electrons. The van der Waals surface area contributed by atoms with Gasteiger partial charge in [0.2, 0.25) is 17.7 Å². The van der Waals surface area contributed by atoms with Crippen LogP contribution in [0.2, 0.25) is 0 Å². The van der Waals surface area contributed by atoms with Crippen LogP contribution in [0.25, 0.3) is 0 Å². The summed E-state index contributed by atoms with van der Waals surface area (Å²) >= 11 is 0. The molecule has 2 aromatic rings. The van der Waals surface area contributed by atoms with Crippen molar-refractivity contribution in [1.82, 2.24) is 4.90 Å². The summed E-state index contributed by atoms with van der Waals surface area (Å²) in [6.45, 7) is 1.47. The highest BCUT2D eigenvalue weighted by Gasteiger charge is 2.62. The highest BCUT2D eigenvalue weighted by Crippen LogP contribution is 2.56. The number of ketones is 1. The van der Waals surface area contributed by atoms with Crippen molar-refractivity contribution in [2.45, 2.75) is 38.6 Å². The summed E-state index contributed by atoms with van der Waals surface area (Å²) in [6, 6.07) is 15.2. The molecular weight excluding hydrogens is 404 g/mol. The average Bonchev–Trinajstić information content (AvgIpc) is 3.47. The van der Waals surface area contributed by atoms with Crippen molar-refractivity contribution in [2.75, 3.05) is 5.32 Å². The minimum absolute atomic E-state index is 0.102. The lowest BCUT2D eigenvalue weighted by atomic mass is 9.81. The molecular formula is C26H26N2O4. The van der Waals surface area contributed by atoms with Crippen LogP contribution in [-0.2, 0) is 20.8 Å². The molecule has 0 aromatic heterocycles. The Kier molecular flexibility index (Phi) is 5.16. The van der Waals surface area contributed by atoms with Crippen LogP contribution in [0.4, 0.5) is 5.69 Å². The van der Waals surface area contributed by atoms with E-state index in [-0.39, 0.29) is 47.7 Å². The molecule has 1 saturated heterocycles. The van der Waals surface area contributed by atoms with Crippen molar-refractivity contribution in [2.24, 2.45) is 23.7 Å². The number of imide groups is 1. The van der Waals surface area contributed by atoms with Crippen LogP contribution < -0.4 is 5.32 Å². The van der Waals surface area contributed by atoms with Gasteiger partial charge in [-0.25, -0.2) is 0 Å². The molecule has 3 amide bonds. The molecule has 1 aliphatic heterocycles. The molecule has 1 heterocycles. The molecule has 6 nitrogen and oxygen atoms in total. The Hall–Kier alpha value is -3.28. The van der Waals surface area contributed by atoms with Crippen LogP contribution >= 0.6 is 0 Å². The van der Waals surface area contributed by atoms with Crippen molar-refractivity contribution in [3.8, 4) is 0 Å². The number of Topliss-reactive ketones (excluding diaryl/α,β-unsaturated/α-hetero) is 1. The van der Waals surface area contributed by atoms with E-state index in [2.05, 4.69) is 5.32 Å². The van der Waals surface area contributed by atoms with E-state index in [9.17, 15) is 19.2 Å². The first-order valence-electron chi connectivity index (χ1n) is 11.3. The summed E-state index contributed by atoms with van der Waals surface area (Å²) in [4.78, 5) is 53.2. The average molecular weight is 431 g/mol. The van der Waals surface area contributed by atoms with Crippen LogP contribution in [0.3, 0.4) is 0 Å². The zero-order valence-electron chi connectivity index (χ0n) is 18.0. The lowest BCUT2D eigenvalue weighted by Crippen LogP contribution is -2.49. The lowest BCUT2D eigenvalue weighted by molar-refractivity contribution is -0.147. The highest BCUT2D eigenvalue weighted by atomic mass is 16.2. The van der Waals surface area contributed by atoms with Gasteiger partial charge in [-0.15, -0.1) is 0 Å². The third-order valence-electron chi connectivity index (χ3n) is 7.38. The molecule has 164 valence electrons. The first kappa shape index (κ1) is 20.6. The summed E-state index contributed by atoms with van der Waals surface area (Å²) in [7, 11) is 0. The minimum atomic E-state index is -0.927. The van der Waals surface area contributed by atoms with E-state index < -0.39 is 11.9 Å². The third-order valence-corrected chi connectivity index (χ3v) is 7.38. The third kappa shape index (κ3) is 3.44. The Balaban J connectivity index is 1.45. The Morgan fingerprint density at radius 2 is 1.62 bits per heavy atom. The maximum absolute atomic E-state index is 13.4. The Morgan fingerprint density at radius 3 is 2.25 bits per heavy atom. The summed E-state index contributed by atoms with van der Waals surface area (Å²) in [5.74, 6) is -0.916. The maximum atomic E-state index is 13.4. The van der Waals surface area contributed by atoms with Gasteiger partial charge in [0.05, 0.1) is 11.8 Å². The van der Waals surface area contributed by atoms with Crippen molar-refractivity contribution < 1.29 is 19.2 Å². The summed E-state index contributed by atoms with van der Waals surface area (Å²) < 4.78 is 0. The smallest absolute Gasteiger partial charge is 0.248 e. The number of carbonyl (C=O) groups excluding carboxylic acids is 4. The molecule has 5 atom stereocenters. The van der Waals surface area contributed by atoms with Gasteiger partial charge in [-0.3, -0.25) is 24.1 Å². The molecule has 2 bridgehead atoms. The second-order valence-electron chi connectivity index (χ2n) is 9.26. The topological polar surface area (TPSA) is 83.6 Å². The zero-order valence-corrected chi connectivity index (χ0v) is 18.0. The second-order valence-corrected chi connectivity index (χ2v) is 9.26. The number of benzene rings is 2. The molecule has 6 heteroatoms. The standard InChI is InChI=1S/C26H26N2O4/c1-15(29)17-8-5-9-20(14-17)27-24(30)21(12-16-6-3-2-4-7-16)28-25(31)22-18-10-11-19(13-18)23(22)26(28)32/h2-9,14,18-19,21-23H,10-13H2,1H3,(H,27,30). The Bertz CT molecular complexity index is 1070. The number of rotatable bonds is 6. The molecule has 1 N–H and O–H groups in total. The molecule has 5 rings (SSSR count). The number of amides is 3. The maximum Gasteiger partial charge on any atom is 0.248 e. The normalized spacial score (nSPS) is 26.8. The Morgan fingerprint density at radius 1 is 0.969 bits per heavy atom. The predicted octanol–water partition coefficient (Wildman–Crippen LogP) is 3.47. The molecule has 5 unspecified atom stereocenters. The monoisotopic (exact) mass is 430 g/mol. The molecule has 3 aliphatic rings. The number of hydrogen-bond donors (Lipinski definition) is 1. The van der Waals surface area contributed by atoms with E-state index in [4.69, 9.17) is 0 Å². The van der Waals surface area contributed by atoms with Crippen molar-refractivity contribution >= 4 is 29.2 Å². The number of carbonyl (C=O) groups is 4. The van der Waals surface area contributed by atoms with Gasteiger partial charge in [-0.05, 0) is 55.7 Å². The quantitative estimate of drug-likeness (QED) is 0.562. The van der Waals surface area contributed by atoms with Gasteiger partial charge >= 0.3 is 0 Å². The first-order valence-corrected chi connectivity index (χ1v) is 11.3. The van der Waals surface area contributed by atoms with E-state index in [1.807, 2.05) is 30.3 Å². The van der Waals surface area contributed by atoms with Crippen molar-refractivity contribution in [3.05, 3.63) is 65.7 Å². The Labute approximate surface area is 187 Å². The van der Waals surface area contributed by atoms with Crippen LogP contribution in [0, 0.1) is 23.7 Å². The number of likely N-dealkylation sites (tertiary alicyclic amines) is 1. The van der Waals surface area contributed by atoms with Crippen LogP contribution in [-0.4, -0.2) is 34.4 Å². The fraction of sp³-hybridized carbons (Fsp3) is 0.385. The summed E-state index contributed by atoms with van der Waals surface area (Å²) in [6.07, 6.45) is 3.19. The second kappa shape index (κ2) is 8.01. The van der Waals surface area contributed by atoms with Gasteiger partial charge in [0.15, 0.2) is 5.78 Å². The first-order chi connectivity index (χ1) is 15.4. The van der Waals surface area contributed by atoms with E-state index >= 15 is 0 Å². The highest BCUT2D eigenvalue weighted by molar-refractivity contribution is 6.10. The van der Waals surface area contributed by atoms with Gasteiger partial charge in [-0.2, -0.15) is 0 Å². The molecule has 2 aromatic carbocycles. The van der Waals surface area contributed by atoms with Gasteiger partial charge < -0.3 is 5.32 Å². The molecule has 3 fully saturated rings. The molecule has 2 aliphatic carbocycles. The zero-order chi connectivity index (χ0) is 22.4. The molecule has 0 spiro atoms. The molecule has 2 saturated carbocycles. The summed E-state index contributed by atoms with van der Waals surface area (Å²) in [5, 5.41) is 2.84. The van der Waals surface area contributed by atoms with E-state index in [0.717, 1.165) is 24.8 Å². The number of nitrogens with one attached hydrogen (secondary N) is 1. The minimum Gasteiger partial charge on any atom is -0.324 e. The number of anilines is 1. The van der Waals surface area contributed by atoms with Gasteiger partial charge in [0.25, 0.3) is 0 Å². The van der Waals surface area contributed by atoms with Gasteiger partial charge in [0.1, 0.15) is 6.04 Å². The van der Waals surface area contributed by atoms with Crippen molar-refractivity contribution in [3.63, 3.8) is 0 Å². The van der Waals surface area contributed by atoms with E-state index in [1.54, 1.807) is 24.3 Å². The fourth-order valence-electron chi connectivity index (χ4n) is 5.92. The van der Waals surface area contributed by atoms with Crippen LogP contribution in [0.15, 0.2) is 54.6 Å². The van der Waals surface area contributed by atoms with Crippen molar-refractivity contribution in [1.29, 1.82) is 0 Å². The van der Waals surface area contributed by atoms with Crippen LogP contribution in [0.1, 0.15) is 42.1 Å². The van der Waals surface area contributed by atoms with E-state index in [1.165, 1.54) is 11.8 Å². The fourth-order valence-corrected chi connectivity index (χ4v) is 5.92.